The first-order valence-electron chi connectivity index (χ1n) is 18.9. The lowest BCUT2D eigenvalue weighted by atomic mass is 9.63. The van der Waals surface area contributed by atoms with Gasteiger partial charge in [-0.3, -0.25) is 9.69 Å². The number of piperazine rings is 1. The van der Waals surface area contributed by atoms with Gasteiger partial charge in [-0.05, 0) is 105 Å². The van der Waals surface area contributed by atoms with Gasteiger partial charge in [0.1, 0.15) is 11.3 Å². The number of aryl methyl sites for hydroxylation is 1. The van der Waals surface area contributed by atoms with Crippen molar-refractivity contribution in [2.24, 2.45) is 17.8 Å². The molecule has 278 valence electrons. The van der Waals surface area contributed by atoms with Crippen molar-refractivity contribution < 1.29 is 22.7 Å². The van der Waals surface area contributed by atoms with Gasteiger partial charge < -0.3 is 19.3 Å². The number of nitrogens with zero attached hydrogens (tertiary/aromatic N) is 4. The number of halogens is 1. The highest BCUT2D eigenvalue weighted by atomic mass is 35.5. The fraction of sp³-hybridized carbons (Fsp3) is 0.641. The van der Waals surface area contributed by atoms with Gasteiger partial charge in [-0.2, -0.15) is 0 Å². The number of likely N-dealkylation sites (N-methyl/N-ethyl adjacent to an activating group) is 1. The lowest BCUT2D eigenvalue weighted by Gasteiger charge is -2.52. The zero-order valence-corrected chi connectivity index (χ0v) is 32.1. The zero-order chi connectivity index (χ0) is 36.0. The van der Waals surface area contributed by atoms with Crippen molar-refractivity contribution in [2.75, 3.05) is 71.0 Å². The highest BCUT2D eigenvalue weighted by molar-refractivity contribution is 7.90. The Labute approximate surface area is 308 Å². The van der Waals surface area contributed by atoms with Crippen LogP contribution in [-0.2, 0) is 26.6 Å². The van der Waals surface area contributed by atoms with Crippen LogP contribution in [0.4, 0.5) is 5.82 Å². The number of amides is 1. The van der Waals surface area contributed by atoms with Crippen LogP contribution >= 0.6 is 11.6 Å². The smallest absolute Gasteiger partial charge is 0.283 e. The van der Waals surface area contributed by atoms with E-state index in [0.29, 0.717) is 37.1 Å². The molecule has 1 aromatic carbocycles. The van der Waals surface area contributed by atoms with E-state index < -0.39 is 26.8 Å². The van der Waals surface area contributed by atoms with Crippen LogP contribution in [0.2, 0.25) is 5.02 Å². The molecule has 10 nitrogen and oxygen atoms in total. The number of carbonyl (C=O) groups is 1. The van der Waals surface area contributed by atoms with E-state index in [-0.39, 0.29) is 22.9 Å². The van der Waals surface area contributed by atoms with Gasteiger partial charge in [0.2, 0.25) is 10.0 Å². The molecule has 3 aliphatic heterocycles. The minimum atomic E-state index is -3.98. The Balaban J connectivity index is 1.30. The number of fused-ring (bicyclic) bond motifs is 4. The van der Waals surface area contributed by atoms with Crippen LogP contribution in [0, 0.1) is 17.8 Å². The lowest BCUT2D eigenvalue weighted by molar-refractivity contribution is -0.0953. The van der Waals surface area contributed by atoms with Crippen molar-refractivity contribution in [3.05, 3.63) is 64.3 Å². The van der Waals surface area contributed by atoms with E-state index in [9.17, 15) is 13.2 Å². The number of ether oxygens (including phenoxy) is 2. The Morgan fingerprint density at radius 1 is 1.10 bits per heavy atom. The molecule has 1 N–H and O–H groups in total. The van der Waals surface area contributed by atoms with Crippen LogP contribution < -0.4 is 14.4 Å². The van der Waals surface area contributed by atoms with Crippen molar-refractivity contribution in [3.8, 4) is 5.75 Å². The molecule has 2 aliphatic carbocycles. The van der Waals surface area contributed by atoms with Gasteiger partial charge in [0.15, 0.2) is 11.6 Å². The maximum Gasteiger partial charge on any atom is 0.283 e. The summed E-state index contributed by atoms with van der Waals surface area (Å²) in [6, 6.07) is 9.60. The molecule has 5 aliphatic rings. The molecule has 6 atom stereocenters. The van der Waals surface area contributed by atoms with E-state index in [1.807, 2.05) is 20.1 Å². The summed E-state index contributed by atoms with van der Waals surface area (Å²) in [5, 5.41) is -0.0584. The standard InChI is InChI=1S/C39H54ClN5O5S/c1-5-43-18-20-44(21-19-43)25-39(49-4)17-6-8-27(2)28(3)51(47,48)42-37(46)34-14-15-35-36(41-34)45(23-30-10-12-33(30)39)24-38(26-50-35)16-7-9-29-22-31(40)11-13-32(29)38/h6,11,13-15,17,22,27-28,30,33H,5,7-10,12,16,18-21,23-26H2,1-4H3,(H,42,46)/b17-6+/t27-,28+,30-,33+,38-,39+/m0/s1. The fourth-order valence-corrected chi connectivity index (χ4v) is 10.7. The number of methoxy groups -OCH3 is 1. The van der Waals surface area contributed by atoms with Gasteiger partial charge in [-0.1, -0.05) is 43.7 Å². The topological polar surface area (TPSA) is 104 Å². The first-order chi connectivity index (χ1) is 24.5. The summed E-state index contributed by atoms with van der Waals surface area (Å²) in [5.74, 6) is 0.808. The number of rotatable bonds is 4. The molecule has 2 aromatic rings. The first kappa shape index (κ1) is 36.6. The molecule has 2 fully saturated rings. The van der Waals surface area contributed by atoms with Gasteiger partial charge in [-0.25, -0.2) is 18.1 Å². The molecule has 0 unspecified atom stereocenters. The number of allylic oxidation sites excluding steroid dienone is 1. The fourth-order valence-electron chi connectivity index (χ4n) is 9.27. The monoisotopic (exact) mass is 739 g/mol. The number of nitrogens with one attached hydrogen (secondary N) is 1. The molecular formula is C39H54ClN5O5S. The van der Waals surface area contributed by atoms with Crippen molar-refractivity contribution in [2.45, 2.75) is 75.6 Å². The molecule has 2 bridgehead atoms. The molecular weight excluding hydrogens is 686 g/mol. The summed E-state index contributed by atoms with van der Waals surface area (Å²) in [6.45, 7) is 13.6. The number of pyridine rings is 1. The summed E-state index contributed by atoms with van der Waals surface area (Å²) in [6.07, 6.45) is 9.97. The van der Waals surface area contributed by atoms with E-state index in [1.165, 1.54) is 11.1 Å². The third-order valence-corrected chi connectivity index (χ3v) is 15.0. The SMILES string of the molecule is CCN1CCN(C[C@]2(OC)/C=C/C[C@H](C)[C@@H](C)S(=O)(=O)NC(=O)c3ccc4c(n3)N(C[C@@H]3CC[C@H]32)C[C@@]2(CCCc3cc(Cl)ccc32)CO4)CC1. The number of hydrogen-bond acceptors (Lipinski definition) is 9. The molecule has 12 heteroatoms. The highest BCUT2D eigenvalue weighted by Crippen LogP contribution is 2.49. The van der Waals surface area contributed by atoms with Crippen molar-refractivity contribution in [1.29, 1.82) is 0 Å². The van der Waals surface area contributed by atoms with Crippen molar-refractivity contribution >= 4 is 33.3 Å². The molecule has 0 radical (unpaired) electrons. The molecule has 1 aromatic heterocycles. The Morgan fingerprint density at radius 3 is 2.61 bits per heavy atom. The van der Waals surface area contributed by atoms with Crippen LogP contribution in [0.3, 0.4) is 0 Å². The maximum atomic E-state index is 13.6. The largest absolute Gasteiger partial charge is 0.489 e. The molecule has 7 rings (SSSR count). The Hall–Kier alpha value is -2.70. The number of aromatic nitrogens is 1. The zero-order valence-electron chi connectivity index (χ0n) is 30.6. The number of carbonyl (C=O) groups excluding carboxylic acids is 1. The van der Waals surface area contributed by atoms with E-state index in [4.69, 9.17) is 26.1 Å². The molecule has 51 heavy (non-hydrogen) atoms. The van der Waals surface area contributed by atoms with Gasteiger partial charge in [0.05, 0.1) is 11.9 Å². The van der Waals surface area contributed by atoms with Crippen LogP contribution in [0.1, 0.15) is 74.5 Å². The second-order valence-corrected chi connectivity index (χ2v) is 18.2. The summed E-state index contributed by atoms with van der Waals surface area (Å²) >= 11 is 6.48. The average Bonchev–Trinajstić information content (AvgIpc) is 3.25. The third kappa shape index (κ3) is 7.18. The molecule has 1 spiro atoms. The Morgan fingerprint density at radius 2 is 1.88 bits per heavy atom. The second kappa shape index (κ2) is 14.6. The lowest BCUT2D eigenvalue weighted by Crippen LogP contribution is -2.59. The van der Waals surface area contributed by atoms with Crippen LogP contribution in [-0.4, -0.2) is 106 Å². The number of sulfonamides is 1. The Bertz CT molecular complexity index is 1750. The van der Waals surface area contributed by atoms with Gasteiger partial charge >= 0.3 is 0 Å². The van der Waals surface area contributed by atoms with Gasteiger partial charge in [0, 0.05) is 63.4 Å². The van der Waals surface area contributed by atoms with E-state index >= 15 is 0 Å². The quantitative estimate of drug-likeness (QED) is 0.419. The van der Waals surface area contributed by atoms with Crippen molar-refractivity contribution in [1.82, 2.24) is 19.5 Å². The summed E-state index contributed by atoms with van der Waals surface area (Å²) in [7, 11) is -2.14. The van der Waals surface area contributed by atoms with Crippen LogP contribution in [0.5, 0.6) is 5.75 Å². The predicted molar refractivity (Wildman–Crippen MR) is 201 cm³/mol. The molecule has 1 amide bonds. The third-order valence-electron chi connectivity index (χ3n) is 12.8. The van der Waals surface area contributed by atoms with Crippen molar-refractivity contribution in [3.63, 3.8) is 0 Å². The van der Waals surface area contributed by atoms with E-state index in [2.05, 4.69) is 50.6 Å². The van der Waals surface area contributed by atoms with E-state index in [0.717, 1.165) is 82.9 Å². The predicted octanol–water partition coefficient (Wildman–Crippen LogP) is 5.30. The Kier molecular flexibility index (Phi) is 10.5. The van der Waals surface area contributed by atoms with Crippen LogP contribution in [0.25, 0.3) is 0 Å². The van der Waals surface area contributed by atoms with Crippen LogP contribution in [0.15, 0.2) is 42.5 Å². The number of anilines is 1. The van der Waals surface area contributed by atoms with E-state index in [1.54, 1.807) is 19.1 Å². The summed E-state index contributed by atoms with van der Waals surface area (Å²) < 4.78 is 42.7. The summed E-state index contributed by atoms with van der Waals surface area (Å²) in [5.41, 5.74) is 1.75. The molecule has 1 saturated heterocycles. The number of benzene rings is 1. The maximum absolute atomic E-state index is 13.6. The highest BCUT2D eigenvalue weighted by Gasteiger charge is 2.50. The minimum absolute atomic E-state index is 0.0622. The minimum Gasteiger partial charge on any atom is -0.489 e. The summed E-state index contributed by atoms with van der Waals surface area (Å²) in [4.78, 5) is 25.8. The van der Waals surface area contributed by atoms with Gasteiger partial charge in [-0.15, -0.1) is 0 Å². The normalized spacial score (nSPS) is 33.6. The second-order valence-electron chi connectivity index (χ2n) is 15.7. The molecule has 4 heterocycles. The van der Waals surface area contributed by atoms with Gasteiger partial charge in [0.25, 0.3) is 5.91 Å². The average molecular weight is 740 g/mol. The molecule has 1 saturated carbocycles. The number of hydrogen-bond donors (Lipinski definition) is 1. The first-order valence-corrected chi connectivity index (χ1v) is 20.8.